The molecule has 0 aliphatic heterocycles. The Morgan fingerprint density at radius 1 is 0.462 bits per heavy atom. The molecule has 2 rings (SSSR count). The first-order valence-corrected chi connectivity index (χ1v) is 16.5. The van der Waals surface area contributed by atoms with E-state index in [2.05, 4.69) is 85.1 Å². The van der Waals surface area contributed by atoms with Crippen LogP contribution in [-0.2, 0) is 4.74 Å². The maximum atomic E-state index is 5.95. The van der Waals surface area contributed by atoms with Crippen LogP contribution in [0.4, 0.5) is 11.4 Å². The van der Waals surface area contributed by atoms with Gasteiger partial charge in [-0.3, -0.25) is 0 Å². The number of nitrogens with one attached hydrogen (secondary N) is 2. The number of hydrogen-bond donors (Lipinski definition) is 2. The van der Waals surface area contributed by atoms with E-state index >= 15 is 0 Å². The molecule has 2 unspecified atom stereocenters. The van der Waals surface area contributed by atoms with E-state index in [1.807, 2.05) is 0 Å². The van der Waals surface area contributed by atoms with E-state index in [1.54, 1.807) is 0 Å². The number of unbranched alkanes of at least 4 members (excludes halogenated alkanes) is 10. The van der Waals surface area contributed by atoms with Gasteiger partial charge in [0.15, 0.2) is 0 Å². The number of anilines is 2. The SMILES string of the molecule is CCCCCC(CCCCCCOCCCCCCC(CCCCC)Nc1ccccc1)Nc1ccccc1. The molecular weight excluding hydrogens is 476 g/mol. The summed E-state index contributed by atoms with van der Waals surface area (Å²) in [6.45, 7) is 6.45. The van der Waals surface area contributed by atoms with E-state index in [9.17, 15) is 0 Å². The molecule has 220 valence electrons. The van der Waals surface area contributed by atoms with Crippen LogP contribution in [0.5, 0.6) is 0 Å². The summed E-state index contributed by atoms with van der Waals surface area (Å²) in [6, 6.07) is 22.7. The minimum Gasteiger partial charge on any atom is -0.382 e. The maximum absolute atomic E-state index is 5.95. The Morgan fingerprint density at radius 3 is 1.21 bits per heavy atom. The first kappa shape index (κ1) is 33.2. The van der Waals surface area contributed by atoms with Crippen molar-refractivity contribution in [1.82, 2.24) is 0 Å². The Kier molecular flexibility index (Phi) is 20.3. The molecule has 2 atom stereocenters. The Bertz CT molecular complexity index is 701. The second-order valence-electron chi connectivity index (χ2n) is 11.4. The first-order chi connectivity index (χ1) is 19.3. The molecule has 0 aliphatic carbocycles. The lowest BCUT2D eigenvalue weighted by atomic mass is 10.0. The molecular formula is C36H60N2O. The van der Waals surface area contributed by atoms with Crippen molar-refractivity contribution in [2.24, 2.45) is 0 Å². The van der Waals surface area contributed by atoms with Crippen molar-refractivity contribution in [3.63, 3.8) is 0 Å². The standard InChI is InChI=1S/C36H60N2O/c1-3-5-13-23-33(37-35-27-17-11-18-28-35)25-15-7-9-21-31-39-32-22-10-8-16-26-34(24-14-6-4-2)38-36-29-19-12-20-30-36/h11-12,17-20,27-30,33-34,37-38H,3-10,13-16,21-26,31-32H2,1-2H3. The molecule has 2 N–H and O–H groups in total. The third-order valence-electron chi connectivity index (χ3n) is 7.78. The minimum absolute atomic E-state index is 0.607. The van der Waals surface area contributed by atoms with Crippen molar-refractivity contribution in [3.8, 4) is 0 Å². The molecule has 0 fully saturated rings. The summed E-state index contributed by atoms with van der Waals surface area (Å²) in [5.74, 6) is 0. The van der Waals surface area contributed by atoms with Crippen molar-refractivity contribution in [2.45, 2.75) is 142 Å². The van der Waals surface area contributed by atoms with Crippen molar-refractivity contribution in [2.75, 3.05) is 23.8 Å². The van der Waals surface area contributed by atoms with Gasteiger partial charge in [-0.1, -0.05) is 127 Å². The predicted octanol–water partition coefficient (Wildman–Crippen LogP) is 11.0. The largest absolute Gasteiger partial charge is 0.382 e. The zero-order valence-corrected chi connectivity index (χ0v) is 25.5. The zero-order chi connectivity index (χ0) is 27.6. The summed E-state index contributed by atoms with van der Waals surface area (Å²) in [7, 11) is 0. The van der Waals surface area contributed by atoms with Gasteiger partial charge >= 0.3 is 0 Å². The van der Waals surface area contributed by atoms with Gasteiger partial charge in [0.25, 0.3) is 0 Å². The van der Waals surface area contributed by atoms with E-state index in [4.69, 9.17) is 4.74 Å². The van der Waals surface area contributed by atoms with Gasteiger partial charge in [0.1, 0.15) is 0 Å². The second kappa shape index (κ2) is 23.9. The van der Waals surface area contributed by atoms with Crippen LogP contribution in [0.2, 0.25) is 0 Å². The first-order valence-electron chi connectivity index (χ1n) is 16.5. The van der Waals surface area contributed by atoms with Crippen molar-refractivity contribution >= 4 is 11.4 Å². The topological polar surface area (TPSA) is 33.3 Å². The summed E-state index contributed by atoms with van der Waals surface area (Å²) in [4.78, 5) is 0. The summed E-state index contributed by atoms with van der Waals surface area (Å²) in [6.07, 6.45) is 23.3. The van der Waals surface area contributed by atoms with E-state index < -0.39 is 0 Å². The van der Waals surface area contributed by atoms with Crippen LogP contribution in [0, 0.1) is 0 Å². The molecule has 0 spiro atoms. The van der Waals surface area contributed by atoms with Crippen molar-refractivity contribution in [1.29, 1.82) is 0 Å². The fourth-order valence-electron chi connectivity index (χ4n) is 5.40. The van der Waals surface area contributed by atoms with Crippen molar-refractivity contribution in [3.05, 3.63) is 60.7 Å². The highest BCUT2D eigenvalue weighted by Gasteiger charge is 2.09. The maximum Gasteiger partial charge on any atom is 0.0466 e. The predicted molar refractivity (Wildman–Crippen MR) is 173 cm³/mol. The van der Waals surface area contributed by atoms with Gasteiger partial charge in [-0.15, -0.1) is 0 Å². The molecule has 0 saturated carbocycles. The number of hydrogen-bond acceptors (Lipinski definition) is 3. The van der Waals surface area contributed by atoms with Crippen LogP contribution in [0.15, 0.2) is 60.7 Å². The van der Waals surface area contributed by atoms with Crippen LogP contribution in [-0.4, -0.2) is 25.3 Å². The highest BCUT2D eigenvalue weighted by atomic mass is 16.5. The molecule has 2 aromatic rings. The third kappa shape index (κ3) is 18.1. The van der Waals surface area contributed by atoms with Crippen LogP contribution in [0.1, 0.15) is 129 Å². The molecule has 0 bridgehead atoms. The Morgan fingerprint density at radius 2 is 0.821 bits per heavy atom. The van der Waals surface area contributed by atoms with Crippen LogP contribution in [0.25, 0.3) is 0 Å². The molecule has 0 heterocycles. The van der Waals surface area contributed by atoms with Gasteiger partial charge in [0.2, 0.25) is 0 Å². The second-order valence-corrected chi connectivity index (χ2v) is 11.4. The summed E-state index contributed by atoms with van der Waals surface area (Å²) < 4.78 is 5.95. The lowest BCUT2D eigenvalue weighted by Crippen LogP contribution is -2.19. The van der Waals surface area contributed by atoms with E-state index in [-0.39, 0.29) is 0 Å². The fourth-order valence-corrected chi connectivity index (χ4v) is 5.40. The van der Waals surface area contributed by atoms with Gasteiger partial charge in [-0.2, -0.15) is 0 Å². The summed E-state index contributed by atoms with van der Waals surface area (Å²) in [5, 5.41) is 7.55. The zero-order valence-electron chi connectivity index (χ0n) is 25.5. The molecule has 0 aromatic heterocycles. The van der Waals surface area contributed by atoms with Gasteiger partial charge in [0, 0.05) is 36.7 Å². The van der Waals surface area contributed by atoms with E-state index in [0.29, 0.717) is 12.1 Å². The van der Waals surface area contributed by atoms with Gasteiger partial charge < -0.3 is 15.4 Å². The lowest BCUT2D eigenvalue weighted by Gasteiger charge is -2.20. The quantitative estimate of drug-likeness (QED) is 0.117. The number of rotatable bonds is 26. The monoisotopic (exact) mass is 536 g/mol. The Labute approximate surface area is 241 Å². The minimum atomic E-state index is 0.607. The van der Waals surface area contributed by atoms with Crippen LogP contribution in [0.3, 0.4) is 0 Å². The van der Waals surface area contributed by atoms with E-state index in [1.165, 1.54) is 127 Å². The summed E-state index contributed by atoms with van der Waals surface area (Å²) in [5.41, 5.74) is 2.53. The number of benzene rings is 2. The normalized spacial score (nSPS) is 12.8. The number of ether oxygens (including phenoxy) is 1. The highest BCUT2D eigenvalue weighted by Crippen LogP contribution is 2.19. The van der Waals surface area contributed by atoms with Crippen LogP contribution >= 0.6 is 0 Å². The molecule has 0 radical (unpaired) electrons. The average molecular weight is 537 g/mol. The third-order valence-corrected chi connectivity index (χ3v) is 7.78. The highest BCUT2D eigenvalue weighted by molar-refractivity contribution is 5.44. The van der Waals surface area contributed by atoms with Gasteiger partial charge in [-0.05, 0) is 62.8 Å². The Hall–Kier alpha value is -2.00. The molecule has 0 aliphatic rings. The average Bonchev–Trinajstić information content (AvgIpc) is 2.96. The van der Waals surface area contributed by atoms with Crippen molar-refractivity contribution < 1.29 is 4.74 Å². The molecule has 0 amide bonds. The van der Waals surface area contributed by atoms with Gasteiger partial charge in [-0.25, -0.2) is 0 Å². The van der Waals surface area contributed by atoms with E-state index in [0.717, 1.165) is 13.2 Å². The number of para-hydroxylation sites is 2. The molecule has 3 nitrogen and oxygen atoms in total. The molecule has 2 aromatic carbocycles. The van der Waals surface area contributed by atoms with Gasteiger partial charge in [0.05, 0.1) is 0 Å². The molecule has 3 heteroatoms. The fraction of sp³-hybridized carbons (Fsp3) is 0.667. The summed E-state index contributed by atoms with van der Waals surface area (Å²) >= 11 is 0. The van der Waals surface area contributed by atoms with Crippen LogP contribution < -0.4 is 10.6 Å². The lowest BCUT2D eigenvalue weighted by molar-refractivity contribution is 0.125. The molecule has 0 saturated heterocycles. The smallest absolute Gasteiger partial charge is 0.0466 e. The molecule has 39 heavy (non-hydrogen) atoms. The Balaban J connectivity index is 1.45.